The van der Waals surface area contributed by atoms with Crippen LogP contribution in [-0.4, -0.2) is 63.1 Å². The number of aliphatic hydroxyl groups excluding tert-OH is 1. The lowest BCUT2D eigenvalue weighted by Crippen LogP contribution is -2.53. The molecule has 6 rings (SSSR count). The van der Waals surface area contributed by atoms with E-state index >= 15 is 0 Å². The summed E-state index contributed by atoms with van der Waals surface area (Å²) in [6.45, 7) is 4.55. The second kappa shape index (κ2) is 11.0. The molecule has 0 radical (unpaired) electrons. The number of aromatic nitrogens is 3. The molecular formula is C28H35FN8O2S. The van der Waals surface area contributed by atoms with Crippen molar-refractivity contribution in [2.45, 2.75) is 69.8 Å². The van der Waals surface area contributed by atoms with Crippen LogP contribution in [0.2, 0.25) is 0 Å². The van der Waals surface area contributed by atoms with Crippen LogP contribution in [-0.2, 0) is 13.0 Å². The standard InChI is InChI=1S/C28H35FN8O2S/c1-15-20(32-27(39)18-8-7-17(12-19(18)29)16-5-6-16)4-3-10-37(15)23-13-31-24(25(30)38)26(34-23)35-28-33-21-9-11-36(2)14-22(21)40-28/h7-8,12-13,15-16,20,27,32,39H,3-6,9-11,14H2,1-2H3,(H2,30,38)(H,33,34,35)/t15-,20-,27?/m1/s1. The van der Waals surface area contributed by atoms with Crippen molar-refractivity contribution in [3.05, 3.63) is 57.6 Å². The first-order valence-corrected chi connectivity index (χ1v) is 14.7. The number of halogens is 1. The highest BCUT2D eigenvalue weighted by Crippen LogP contribution is 2.40. The molecule has 0 bridgehead atoms. The van der Waals surface area contributed by atoms with Gasteiger partial charge in [-0.3, -0.25) is 10.1 Å². The van der Waals surface area contributed by atoms with Crippen LogP contribution >= 0.6 is 11.3 Å². The summed E-state index contributed by atoms with van der Waals surface area (Å²) in [5.41, 5.74) is 7.99. The number of benzene rings is 1. The average Bonchev–Trinajstić information content (AvgIpc) is 3.70. The van der Waals surface area contributed by atoms with Crippen LogP contribution in [0.5, 0.6) is 0 Å². The lowest BCUT2D eigenvalue weighted by Gasteiger charge is -2.41. The predicted octanol–water partition coefficient (Wildman–Crippen LogP) is 3.42. The Kier molecular flexibility index (Phi) is 7.43. The van der Waals surface area contributed by atoms with Gasteiger partial charge in [0.05, 0.1) is 11.9 Å². The first-order chi connectivity index (χ1) is 19.3. The van der Waals surface area contributed by atoms with Crippen molar-refractivity contribution in [3.8, 4) is 0 Å². The van der Waals surface area contributed by atoms with Crippen molar-refractivity contribution in [2.24, 2.45) is 5.73 Å². The second-order valence-corrected chi connectivity index (χ2v) is 12.2. The number of likely N-dealkylation sites (N-methyl/N-ethyl adjacent to an activating group) is 1. The number of piperidine rings is 1. The molecule has 3 atom stereocenters. The fourth-order valence-corrected chi connectivity index (χ4v) is 6.77. The zero-order chi connectivity index (χ0) is 28.0. The van der Waals surface area contributed by atoms with E-state index in [1.165, 1.54) is 4.88 Å². The van der Waals surface area contributed by atoms with Crippen LogP contribution in [0, 0.1) is 5.82 Å². The Morgan fingerprint density at radius 3 is 2.83 bits per heavy atom. The molecular weight excluding hydrogens is 531 g/mol. The summed E-state index contributed by atoms with van der Waals surface area (Å²) in [7, 11) is 2.08. The van der Waals surface area contributed by atoms with Gasteiger partial charge in [0.25, 0.3) is 5.91 Å². The summed E-state index contributed by atoms with van der Waals surface area (Å²) in [6.07, 6.45) is 5.14. The van der Waals surface area contributed by atoms with E-state index in [0.717, 1.165) is 63.0 Å². The molecule has 3 aromatic rings. The molecule has 1 saturated carbocycles. The third kappa shape index (κ3) is 5.53. The number of fused-ring (bicyclic) bond motifs is 1. The van der Waals surface area contributed by atoms with Crippen LogP contribution in [0.3, 0.4) is 0 Å². The third-order valence-electron chi connectivity index (χ3n) is 8.16. The normalized spacial score (nSPS) is 22.1. The predicted molar refractivity (Wildman–Crippen MR) is 152 cm³/mol. The Morgan fingerprint density at radius 1 is 1.25 bits per heavy atom. The Labute approximate surface area is 236 Å². The zero-order valence-corrected chi connectivity index (χ0v) is 23.5. The van der Waals surface area contributed by atoms with Gasteiger partial charge < -0.3 is 26.0 Å². The first-order valence-electron chi connectivity index (χ1n) is 13.9. The molecule has 12 heteroatoms. The highest BCUT2D eigenvalue weighted by molar-refractivity contribution is 7.15. The van der Waals surface area contributed by atoms with Crippen molar-refractivity contribution in [2.75, 3.05) is 30.4 Å². The van der Waals surface area contributed by atoms with Crippen molar-refractivity contribution < 1.29 is 14.3 Å². The van der Waals surface area contributed by atoms with Crippen molar-refractivity contribution in [1.29, 1.82) is 0 Å². The topological polar surface area (TPSA) is 133 Å². The molecule has 212 valence electrons. The number of carbonyl (C=O) groups is 1. The Bertz CT molecular complexity index is 1410. The number of primary amides is 1. The van der Waals surface area contributed by atoms with E-state index in [2.05, 4.69) is 32.5 Å². The maximum atomic E-state index is 14.8. The Balaban J connectivity index is 1.19. The molecule has 1 aromatic carbocycles. The van der Waals surface area contributed by atoms with Crippen LogP contribution < -0.4 is 21.3 Å². The number of nitrogens with one attached hydrogen (secondary N) is 2. The quantitative estimate of drug-likeness (QED) is 0.303. The summed E-state index contributed by atoms with van der Waals surface area (Å²) in [5, 5.41) is 18.0. The van der Waals surface area contributed by atoms with E-state index in [1.54, 1.807) is 29.7 Å². The molecule has 10 nitrogen and oxygen atoms in total. The number of carbonyl (C=O) groups excluding carboxylic acids is 1. The SMILES string of the molecule is C[C@@H]1[C@H](NC(O)c2ccc(C3CC3)cc2F)CCCN1c1cnc(C(N)=O)c(Nc2nc3c(s2)CN(C)CC3)n1. The van der Waals surface area contributed by atoms with E-state index in [-0.39, 0.29) is 35.0 Å². The number of amides is 1. The number of aliphatic hydroxyl groups is 1. The fraction of sp³-hybridized carbons (Fsp3) is 0.500. The largest absolute Gasteiger partial charge is 0.374 e. The number of nitrogens with zero attached hydrogens (tertiary/aromatic N) is 5. The van der Waals surface area contributed by atoms with Crippen LogP contribution in [0.4, 0.5) is 21.2 Å². The molecule has 1 saturated heterocycles. The molecule has 2 aromatic heterocycles. The van der Waals surface area contributed by atoms with Gasteiger partial charge in [-0.1, -0.05) is 12.1 Å². The molecule has 5 N–H and O–H groups in total. The maximum Gasteiger partial charge on any atom is 0.271 e. The van der Waals surface area contributed by atoms with Crippen LogP contribution in [0.15, 0.2) is 24.4 Å². The van der Waals surface area contributed by atoms with Gasteiger partial charge >= 0.3 is 0 Å². The molecule has 1 amide bonds. The molecule has 3 aliphatic rings. The van der Waals surface area contributed by atoms with Crippen molar-refractivity contribution in [1.82, 2.24) is 25.2 Å². The molecule has 2 aliphatic heterocycles. The molecule has 40 heavy (non-hydrogen) atoms. The number of rotatable bonds is 8. The van der Waals surface area contributed by atoms with Gasteiger partial charge in [-0.25, -0.2) is 19.3 Å². The van der Waals surface area contributed by atoms with Gasteiger partial charge in [0.2, 0.25) is 0 Å². The lowest BCUT2D eigenvalue weighted by atomic mass is 9.96. The fourth-order valence-electron chi connectivity index (χ4n) is 5.68. The Morgan fingerprint density at radius 2 is 2.08 bits per heavy atom. The van der Waals surface area contributed by atoms with Crippen LogP contribution in [0.1, 0.15) is 76.9 Å². The number of nitrogens with two attached hydrogens (primary N) is 1. The molecule has 4 heterocycles. The van der Waals surface area contributed by atoms with Gasteiger partial charge in [0, 0.05) is 48.6 Å². The summed E-state index contributed by atoms with van der Waals surface area (Å²) in [6, 6.07) is 4.95. The van der Waals surface area contributed by atoms with E-state index in [1.807, 2.05) is 13.0 Å². The van der Waals surface area contributed by atoms with Gasteiger partial charge in [0.1, 0.15) is 17.9 Å². The zero-order valence-electron chi connectivity index (χ0n) is 22.7. The van der Waals surface area contributed by atoms with Crippen molar-refractivity contribution in [3.63, 3.8) is 0 Å². The molecule has 1 aliphatic carbocycles. The third-order valence-corrected chi connectivity index (χ3v) is 9.16. The smallest absolute Gasteiger partial charge is 0.271 e. The van der Waals surface area contributed by atoms with Gasteiger partial charge in [-0.15, -0.1) is 11.3 Å². The maximum absolute atomic E-state index is 14.8. The van der Waals surface area contributed by atoms with Gasteiger partial charge in [0.15, 0.2) is 16.6 Å². The summed E-state index contributed by atoms with van der Waals surface area (Å²) in [5.74, 6) is 0.242. The summed E-state index contributed by atoms with van der Waals surface area (Å²) < 4.78 is 14.8. The number of hydrogen-bond acceptors (Lipinski definition) is 10. The number of anilines is 3. The van der Waals surface area contributed by atoms with E-state index in [4.69, 9.17) is 15.7 Å². The van der Waals surface area contributed by atoms with E-state index < -0.39 is 12.1 Å². The molecule has 0 spiro atoms. The van der Waals surface area contributed by atoms with E-state index in [9.17, 15) is 14.3 Å². The van der Waals surface area contributed by atoms with E-state index in [0.29, 0.717) is 16.9 Å². The minimum atomic E-state index is -1.13. The van der Waals surface area contributed by atoms with Crippen LogP contribution in [0.25, 0.3) is 0 Å². The lowest BCUT2D eigenvalue weighted by molar-refractivity contribution is 0.0995. The minimum Gasteiger partial charge on any atom is -0.374 e. The summed E-state index contributed by atoms with van der Waals surface area (Å²) in [4.78, 5) is 31.5. The van der Waals surface area contributed by atoms with Gasteiger partial charge in [-0.05, 0) is 57.2 Å². The highest BCUT2D eigenvalue weighted by Gasteiger charge is 2.32. The van der Waals surface area contributed by atoms with Gasteiger partial charge in [-0.2, -0.15) is 0 Å². The highest BCUT2D eigenvalue weighted by atomic mass is 32.1. The molecule has 1 unspecified atom stereocenters. The molecule has 2 fully saturated rings. The van der Waals surface area contributed by atoms with Crippen molar-refractivity contribution >= 4 is 34.0 Å². The monoisotopic (exact) mass is 566 g/mol. The number of hydrogen-bond donors (Lipinski definition) is 4. The second-order valence-electron chi connectivity index (χ2n) is 11.1. The Hall–Kier alpha value is -3.19. The summed E-state index contributed by atoms with van der Waals surface area (Å²) >= 11 is 1.54. The number of thiazole rings is 1. The first kappa shape index (κ1) is 27.0. The minimum absolute atomic E-state index is 0.0499. The average molecular weight is 567 g/mol.